The number of benzene rings is 2. The molecule has 32 heavy (non-hydrogen) atoms. The zero-order valence-electron chi connectivity index (χ0n) is 19.6. The molecular formula is C25H37N5O2. The van der Waals surface area contributed by atoms with Crippen molar-refractivity contribution < 1.29 is 9.59 Å². The Morgan fingerprint density at radius 1 is 1.00 bits per heavy atom. The van der Waals surface area contributed by atoms with Crippen LogP contribution in [0.4, 0.5) is 11.4 Å². The van der Waals surface area contributed by atoms with Crippen LogP contribution in [0.3, 0.4) is 0 Å². The number of carbonyl (C=O) groups excluding carboxylic acids is 2. The van der Waals surface area contributed by atoms with Gasteiger partial charge in [0.2, 0.25) is 5.91 Å². The number of rotatable bonds is 13. The van der Waals surface area contributed by atoms with Crippen molar-refractivity contribution in [1.29, 1.82) is 0 Å². The Kier molecular flexibility index (Phi) is 10.2. The molecule has 0 saturated carbocycles. The Bertz CT molecular complexity index is 882. The Morgan fingerprint density at radius 3 is 2.38 bits per heavy atom. The van der Waals surface area contributed by atoms with Crippen LogP contribution in [-0.4, -0.2) is 44.4 Å². The highest BCUT2D eigenvalue weighted by atomic mass is 16.2. The fourth-order valence-corrected chi connectivity index (χ4v) is 3.37. The number of nitrogens with two attached hydrogens (primary N) is 1. The molecule has 7 heteroatoms. The number of hydrogen-bond acceptors (Lipinski definition) is 6. The molecule has 2 aromatic rings. The van der Waals surface area contributed by atoms with Crippen LogP contribution in [0.25, 0.3) is 0 Å². The van der Waals surface area contributed by atoms with Crippen molar-refractivity contribution >= 4 is 23.1 Å². The Labute approximate surface area is 191 Å². The first kappa shape index (κ1) is 25.4. The number of Topliss-reactive ketones (excluding diaryl/α,β-unsaturated/α-hetero) is 1. The molecule has 0 saturated heterocycles. The van der Waals surface area contributed by atoms with Gasteiger partial charge in [-0.25, -0.2) is 0 Å². The lowest BCUT2D eigenvalue weighted by Gasteiger charge is -2.19. The van der Waals surface area contributed by atoms with Crippen LogP contribution in [0.5, 0.6) is 0 Å². The second-order valence-corrected chi connectivity index (χ2v) is 8.18. The lowest BCUT2D eigenvalue weighted by Crippen LogP contribution is -2.43. The maximum Gasteiger partial charge on any atom is 0.237 e. The minimum atomic E-state index is -0.332. The Balaban J connectivity index is 1.87. The number of anilines is 2. The quantitative estimate of drug-likeness (QED) is 0.187. The van der Waals surface area contributed by atoms with E-state index in [9.17, 15) is 9.59 Å². The van der Waals surface area contributed by atoms with Gasteiger partial charge >= 0.3 is 0 Å². The van der Waals surface area contributed by atoms with Crippen molar-refractivity contribution in [3.05, 3.63) is 59.2 Å². The van der Waals surface area contributed by atoms with Crippen LogP contribution in [-0.2, 0) is 11.2 Å². The van der Waals surface area contributed by atoms with Crippen LogP contribution in [0, 0.1) is 0 Å². The van der Waals surface area contributed by atoms with Crippen LogP contribution >= 0.6 is 0 Å². The average Bonchev–Trinajstić information content (AvgIpc) is 2.76. The van der Waals surface area contributed by atoms with Gasteiger partial charge in [-0.1, -0.05) is 12.1 Å². The summed E-state index contributed by atoms with van der Waals surface area (Å²) in [5, 5.41) is 12.8. The predicted octanol–water partition coefficient (Wildman–Crippen LogP) is 2.89. The molecule has 2 aromatic carbocycles. The second-order valence-electron chi connectivity index (χ2n) is 8.18. The molecule has 0 heterocycles. The predicted molar refractivity (Wildman–Crippen MR) is 132 cm³/mol. The maximum absolute atomic E-state index is 12.5. The molecule has 2 atom stereocenters. The van der Waals surface area contributed by atoms with Crippen molar-refractivity contribution in [3.8, 4) is 0 Å². The van der Waals surface area contributed by atoms with Crippen molar-refractivity contribution in [2.45, 2.75) is 45.7 Å². The average molecular weight is 440 g/mol. The third-order valence-electron chi connectivity index (χ3n) is 5.38. The molecule has 0 aliphatic carbocycles. The fraction of sp³-hybridized carbons (Fsp3) is 0.440. The monoisotopic (exact) mass is 439 g/mol. The van der Waals surface area contributed by atoms with Crippen LogP contribution < -0.4 is 27.0 Å². The molecule has 0 aliphatic rings. The van der Waals surface area contributed by atoms with Gasteiger partial charge < -0.3 is 27.0 Å². The zero-order chi connectivity index (χ0) is 23.5. The van der Waals surface area contributed by atoms with E-state index in [-0.39, 0.29) is 23.8 Å². The van der Waals surface area contributed by atoms with E-state index >= 15 is 0 Å². The third-order valence-corrected chi connectivity index (χ3v) is 5.38. The summed E-state index contributed by atoms with van der Waals surface area (Å²) in [6, 6.07) is 13.0. The lowest BCUT2D eigenvalue weighted by atomic mass is 10.0. The summed E-state index contributed by atoms with van der Waals surface area (Å²) in [5.74, 6) is -0.0128. The summed E-state index contributed by atoms with van der Waals surface area (Å²) >= 11 is 0. The SMILES string of the molecule is CNCCCNc1cc(CCNC(C)C(=O)N[C@H](C)c2ccc(N)cc2)cc(C(C)=O)c1. The number of amides is 1. The third kappa shape index (κ3) is 8.32. The van der Waals surface area contributed by atoms with Gasteiger partial charge in [-0.2, -0.15) is 0 Å². The smallest absolute Gasteiger partial charge is 0.237 e. The molecule has 1 unspecified atom stereocenters. The standard InChI is InChI=1S/C25H37N5O2/c1-17(21-6-8-23(26)9-7-21)30-25(32)18(2)28-13-10-20-14-22(19(3)31)16-24(15-20)29-12-5-11-27-4/h6-9,14-18,27-29H,5,10-13,26H2,1-4H3,(H,30,32)/t17-,18?/m1/s1. The summed E-state index contributed by atoms with van der Waals surface area (Å²) in [4.78, 5) is 24.5. The highest BCUT2D eigenvalue weighted by molar-refractivity contribution is 5.95. The van der Waals surface area contributed by atoms with Gasteiger partial charge in [0.05, 0.1) is 12.1 Å². The van der Waals surface area contributed by atoms with Crippen molar-refractivity contribution in [3.63, 3.8) is 0 Å². The zero-order valence-corrected chi connectivity index (χ0v) is 19.6. The van der Waals surface area contributed by atoms with Gasteiger partial charge in [-0.3, -0.25) is 9.59 Å². The highest BCUT2D eigenvalue weighted by Crippen LogP contribution is 2.17. The maximum atomic E-state index is 12.5. The molecule has 7 nitrogen and oxygen atoms in total. The van der Waals surface area contributed by atoms with Crippen LogP contribution in [0.15, 0.2) is 42.5 Å². The molecule has 174 valence electrons. The molecule has 1 amide bonds. The van der Waals surface area contributed by atoms with Gasteiger partial charge in [0.1, 0.15) is 0 Å². The van der Waals surface area contributed by atoms with E-state index < -0.39 is 0 Å². The van der Waals surface area contributed by atoms with Gasteiger partial charge in [0.25, 0.3) is 0 Å². The molecule has 0 fully saturated rings. The van der Waals surface area contributed by atoms with Crippen LogP contribution in [0.2, 0.25) is 0 Å². The number of nitrogen functional groups attached to an aromatic ring is 1. The Morgan fingerprint density at radius 2 is 1.72 bits per heavy atom. The second kappa shape index (κ2) is 12.8. The number of hydrogen-bond donors (Lipinski definition) is 5. The summed E-state index contributed by atoms with van der Waals surface area (Å²) < 4.78 is 0. The lowest BCUT2D eigenvalue weighted by molar-refractivity contribution is -0.123. The molecule has 2 rings (SSSR count). The van der Waals surface area contributed by atoms with Gasteiger partial charge in [0.15, 0.2) is 5.78 Å². The number of ketones is 1. The topological polar surface area (TPSA) is 108 Å². The molecule has 6 N–H and O–H groups in total. The molecule has 0 aromatic heterocycles. The first-order valence-corrected chi connectivity index (χ1v) is 11.2. The van der Waals surface area contributed by atoms with E-state index in [1.54, 1.807) is 6.92 Å². The Hall–Kier alpha value is -2.90. The molecule has 0 bridgehead atoms. The summed E-state index contributed by atoms with van der Waals surface area (Å²) in [7, 11) is 1.93. The van der Waals surface area contributed by atoms with Crippen molar-refractivity contribution in [2.75, 3.05) is 37.7 Å². The normalized spacial score (nSPS) is 12.8. The van der Waals surface area contributed by atoms with Crippen molar-refractivity contribution in [1.82, 2.24) is 16.0 Å². The molecule has 0 aliphatic heterocycles. The molecule has 0 spiro atoms. The number of carbonyl (C=O) groups is 2. The molecule has 0 radical (unpaired) electrons. The van der Waals surface area contributed by atoms with Crippen LogP contribution in [0.1, 0.15) is 54.7 Å². The summed E-state index contributed by atoms with van der Waals surface area (Å²) in [6.07, 6.45) is 1.72. The van der Waals surface area contributed by atoms with Crippen molar-refractivity contribution in [2.24, 2.45) is 0 Å². The van der Waals surface area contributed by atoms with Gasteiger partial charge in [-0.15, -0.1) is 0 Å². The minimum absolute atomic E-state index is 0.0440. The first-order valence-electron chi connectivity index (χ1n) is 11.2. The van der Waals surface area contributed by atoms with E-state index in [2.05, 4.69) is 27.3 Å². The van der Waals surface area contributed by atoms with E-state index in [1.165, 1.54) is 0 Å². The largest absolute Gasteiger partial charge is 0.399 e. The summed E-state index contributed by atoms with van der Waals surface area (Å²) in [5.41, 5.74) is 10.1. The highest BCUT2D eigenvalue weighted by Gasteiger charge is 2.16. The number of nitrogens with one attached hydrogen (secondary N) is 4. The van der Waals surface area contributed by atoms with E-state index in [4.69, 9.17) is 5.73 Å². The van der Waals surface area contributed by atoms with E-state index in [0.29, 0.717) is 17.8 Å². The molecular weight excluding hydrogens is 402 g/mol. The summed E-state index contributed by atoms with van der Waals surface area (Å²) in [6.45, 7) is 7.79. The van der Waals surface area contributed by atoms with E-state index in [1.807, 2.05) is 57.3 Å². The first-order chi connectivity index (χ1) is 15.3. The minimum Gasteiger partial charge on any atom is -0.399 e. The van der Waals surface area contributed by atoms with Gasteiger partial charge in [-0.05, 0) is 95.2 Å². The van der Waals surface area contributed by atoms with Gasteiger partial charge in [0, 0.05) is 23.5 Å². The van der Waals surface area contributed by atoms with E-state index in [0.717, 1.165) is 42.7 Å². The fourth-order valence-electron chi connectivity index (χ4n) is 3.37.